The first-order chi connectivity index (χ1) is 16.1. The van der Waals surface area contributed by atoms with E-state index in [1.54, 1.807) is 27.5 Å². The predicted octanol–water partition coefficient (Wildman–Crippen LogP) is 3.09. The predicted molar refractivity (Wildman–Crippen MR) is 125 cm³/mol. The quantitative estimate of drug-likeness (QED) is 0.600. The number of nitrogens with zero attached hydrogens (tertiary/aromatic N) is 3. The van der Waals surface area contributed by atoms with Gasteiger partial charge in [-0.05, 0) is 22.8 Å². The molecule has 0 unspecified atom stereocenters. The Morgan fingerprint density at radius 3 is 2.64 bits per heavy atom. The van der Waals surface area contributed by atoms with Crippen LogP contribution in [0.15, 0.2) is 70.5 Å². The van der Waals surface area contributed by atoms with Gasteiger partial charge in [-0.2, -0.15) is 0 Å². The molecule has 0 radical (unpaired) electrons. The summed E-state index contributed by atoms with van der Waals surface area (Å²) >= 11 is 1.80. The Balaban J connectivity index is 1.66. The highest BCUT2D eigenvalue weighted by atomic mass is 32.2. The zero-order chi connectivity index (χ0) is 22.5. The van der Waals surface area contributed by atoms with Gasteiger partial charge in [-0.3, -0.25) is 19.3 Å². The van der Waals surface area contributed by atoms with Crippen molar-refractivity contribution in [2.45, 2.75) is 29.3 Å². The molecule has 0 bridgehead atoms. The highest BCUT2D eigenvalue weighted by Crippen LogP contribution is 2.44. The molecule has 4 heterocycles. The molecular formula is C25H23N3O4S. The van der Waals surface area contributed by atoms with Gasteiger partial charge in [0.25, 0.3) is 5.91 Å². The molecule has 8 heteroatoms. The number of thioether (sulfide) groups is 1. The van der Waals surface area contributed by atoms with Gasteiger partial charge in [0.1, 0.15) is 6.17 Å². The average Bonchev–Trinajstić information content (AvgIpc) is 3.18. The molecule has 7 nitrogen and oxygen atoms in total. The maximum Gasteiger partial charge on any atom is 0.278 e. The fourth-order valence-electron chi connectivity index (χ4n) is 5.13. The lowest BCUT2D eigenvalue weighted by Crippen LogP contribution is -2.62. The van der Waals surface area contributed by atoms with E-state index in [2.05, 4.69) is 35.3 Å². The Hall–Kier alpha value is -3.23. The van der Waals surface area contributed by atoms with Crippen LogP contribution in [0.5, 0.6) is 5.75 Å². The molecule has 1 N–H and O–H groups in total. The van der Waals surface area contributed by atoms with Crippen LogP contribution in [0.25, 0.3) is 0 Å². The first-order valence-corrected chi connectivity index (χ1v) is 12.0. The number of amides is 1. The lowest BCUT2D eigenvalue weighted by molar-refractivity contribution is 0.0557. The number of ether oxygens (including phenoxy) is 1. The lowest BCUT2D eigenvalue weighted by atomic mass is 9.93. The van der Waals surface area contributed by atoms with Gasteiger partial charge in [-0.25, -0.2) is 0 Å². The lowest BCUT2D eigenvalue weighted by Gasteiger charge is -2.49. The summed E-state index contributed by atoms with van der Waals surface area (Å²) in [5.74, 6) is -0.0156. The summed E-state index contributed by atoms with van der Waals surface area (Å²) < 4.78 is 7.42. The van der Waals surface area contributed by atoms with Crippen LogP contribution in [-0.2, 0) is 10.5 Å². The van der Waals surface area contributed by atoms with Crippen LogP contribution in [-0.4, -0.2) is 46.5 Å². The third kappa shape index (κ3) is 3.16. The largest absolute Gasteiger partial charge is 0.502 e. The fourth-order valence-corrected chi connectivity index (χ4v) is 6.23. The number of hydrogen-bond donors (Lipinski definition) is 1. The summed E-state index contributed by atoms with van der Waals surface area (Å²) in [7, 11) is 0. The molecule has 168 valence electrons. The van der Waals surface area contributed by atoms with E-state index in [1.807, 2.05) is 18.2 Å². The summed E-state index contributed by atoms with van der Waals surface area (Å²) in [5.41, 5.74) is 2.96. The van der Waals surface area contributed by atoms with Crippen molar-refractivity contribution in [1.29, 1.82) is 0 Å². The van der Waals surface area contributed by atoms with E-state index < -0.39 is 11.2 Å². The van der Waals surface area contributed by atoms with E-state index in [-0.39, 0.29) is 23.8 Å². The number of hydrogen-bond acceptors (Lipinski definition) is 6. The second kappa shape index (κ2) is 7.97. The Labute approximate surface area is 195 Å². The van der Waals surface area contributed by atoms with Crippen LogP contribution in [0.2, 0.25) is 0 Å². The number of fused-ring (bicyclic) bond motifs is 4. The van der Waals surface area contributed by atoms with Crippen LogP contribution in [0.4, 0.5) is 0 Å². The summed E-state index contributed by atoms with van der Waals surface area (Å²) in [4.78, 5) is 28.7. The van der Waals surface area contributed by atoms with Crippen molar-refractivity contribution in [3.63, 3.8) is 0 Å². The number of carbonyl (C=O) groups is 1. The van der Waals surface area contributed by atoms with E-state index in [0.717, 1.165) is 16.9 Å². The minimum atomic E-state index is -0.559. The number of pyridine rings is 1. The molecule has 33 heavy (non-hydrogen) atoms. The number of rotatable bonds is 1. The molecule has 3 aliphatic heterocycles. The van der Waals surface area contributed by atoms with E-state index >= 15 is 0 Å². The molecule has 6 rings (SSSR count). The summed E-state index contributed by atoms with van der Waals surface area (Å²) in [6.07, 6.45) is 1.94. The summed E-state index contributed by atoms with van der Waals surface area (Å²) in [6, 6.07) is 17.8. The highest BCUT2D eigenvalue weighted by Gasteiger charge is 2.44. The molecular weight excluding hydrogens is 438 g/mol. The highest BCUT2D eigenvalue weighted by molar-refractivity contribution is 7.98. The van der Waals surface area contributed by atoms with Crippen molar-refractivity contribution >= 4 is 17.7 Å². The smallest absolute Gasteiger partial charge is 0.278 e. The first-order valence-electron chi connectivity index (χ1n) is 11.1. The fraction of sp³-hybridized carbons (Fsp3) is 0.280. The Morgan fingerprint density at radius 2 is 1.76 bits per heavy atom. The van der Waals surface area contributed by atoms with Gasteiger partial charge in [0.2, 0.25) is 5.43 Å². The van der Waals surface area contributed by atoms with Crippen molar-refractivity contribution in [2.75, 3.05) is 24.8 Å². The first kappa shape index (κ1) is 20.4. The molecule has 0 aliphatic carbocycles. The topological polar surface area (TPSA) is 75.0 Å². The number of aromatic nitrogens is 1. The van der Waals surface area contributed by atoms with Crippen molar-refractivity contribution < 1.29 is 14.6 Å². The molecule has 1 amide bonds. The molecule has 1 saturated heterocycles. The molecule has 2 atom stereocenters. The van der Waals surface area contributed by atoms with Gasteiger partial charge in [0, 0.05) is 35.9 Å². The SMILES string of the molecule is O=C1c2c(O)c(=O)ccn2N([C@H]2c3ccccc3CSc3ccccc32)[C@@H]2CCOCCN12. The van der Waals surface area contributed by atoms with Gasteiger partial charge in [-0.15, -0.1) is 11.8 Å². The Bertz CT molecular complexity index is 1260. The van der Waals surface area contributed by atoms with Crippen LogP contribution < -0.4 is 10.4 Å². The summed E-state index contributed by atoms with van der Waals surface area (Å²) in [5, 5.41) is 12.8. The maximum absolute atomic E-state index is 13.5. The molecule has 1 aromatic heterocycles. The van der Waals surface area contributed by atoms with Crippen molar-refractivity contribution in [2.24, 2.45) is 0 Å². The normalized spacial score (nSPS) is 21.9. The zero-order valence-corrected chi connectivity index (χ0v) is 18.7. The maximum atomic E-state index is 13.5. The zero-order valence-electron chi connectivity index (χ0n) is 17.9. The van der Waals surface area contributed by atoms with E-state index in [4.69, 9.17) is 4.74 Å². The minimum absolute atomic E-state index is 0.00696. The molecule has 2 aromatic carbocycles. The van der Waals surface area contributed by atoms with Gasteiger partial charge >= 0.3 is 0 Å². The van der Waals surface area contributed by atoms with Gasteiger partial charge in [-0.1, -0.05) is 42.5 Å². The molecule has 3 aromatic rings. The second-order valence-electron chi connectivity index (χ2n) is 8.41. The Morgan fingerprint density at radius 1 is 0.970 bits per heavy atom. The van der Waals surface area contributed by atoms with Crippen LogP contribution >= 0.6 is 11.8 Å². The van der Waals surface area contributed by atoms with E-state index in [1.165, 1.54) is 16.5 Å². The molecule has 0 spiro atoms. The third-order valence-electron chi connectivity index (χ3n) is 6.64. The van der Waals surface area contributed by atoms with Gasteiger partial charge in [0.15, 0.2) is 11.4 Å². The van der Waals surface area contributed by atoms with Crippen LogP contribution in [0.1, 0.15) is 39.6 Å². The third-order valence-corrected chi connectivity index (χ3v) is 7.78. The summed E-state index contributed by atoms with van der Waals surface area (Å²) in [6.45, 7) is 1.34. The monoisotopic (exact) mass is 461 g/mol. The average molecular weight is 462 g/mol. The van der Waals surface area contributed by atoms with Crippen molar-refractivity contribution in [1.82, 2.24) is 9.58 Å². The van der Waals surface area contributed by atoms with Crippen molar-refractivity contribution in [3.8, 4) is 5.75 Å². The molecule has 3 aliphatic rings. The standard InChI is InChI=1S/C25H23N3O4S/c29-19-9-11-27-23(24(19)30)25(31)26-12-14-32-13-10-21(26)28(27)22-17-6-2-1-5-16(17)15-33-20-8-4-3-7-18(20)22/h1-9,11,21-22,30H,10,12-15H2/t21-,22+/m1/s1. The van der Waals surface area contributed by atoms with E-state index in [9.17, 15) is 14.7 Å². The van der Waals surface area contributed by atoms with E-state index in [0.29, 0.717) is 26.2 Å². The molecule has 1 fully saturated rings. The second-order valence-corrected chi connectivity index (χ2v) is 9.43. The Kier molecular flexibility index (Phi) is 4.92. The number of carbonyl (C=O) groups excluding carboxylic acids is 1. The van der Waals surface area contributed by atoms with Gasteiger partial charge < -0.3 is 14.7 Å². The number of benzene rings is 2. The molecule has 0 saturated carbocycles. The van der Waals surface area contributed by atoms with Crippen LogP contribution in [0.3, 0.4) is 0 Å². The van der Waals surface area contributed by atoms with Gasteiger partial charge in [0.05, 0.1) is 19.3 Å². The minimum Gasteiger partial charge on any atom is -0.502 e. The van der Waals surface area contributed by atoms with Crippen molar-refractivity contribution in [3.05, 3.63) is 93.4 Å². The van der Waals surface area contributed by atoms with Crippen LogP contribution in [0, 0.1) is 0 Å². The number of aromatic hydroxyl groups is 1.